The maximum absolute atomic E-state index is 11.6. The molecule has 0 saturated heterocycles. The number of hydrogen-bond acceptors (Lipinski definition) is 3. The first-order chi connectivity index (χ1) is 9.01. The monoisotopic (exact) mass is 262 g/mol. The van der Waals surface area contributed by atoms with Gasteiger partial charge in [-0.1, -0.05) is 0 Å². The molecular formula is C15H20NO3+. The summed E-state index contributed by atoms with van der Waals surface area (Å²) in [5, 5.41) is 9.95. The highest BCUT2D eigenvalue weighted by Gasteiger charge is 2.11. The van der Waals surface area contributed by atoms with E-state index >= 15 is 0 Å². The lowest BCUT2D eigenvalue weighted by Gasteiger charge is -2.14. The van der Waals surface area contributed by atoms with E-state index < -0.39 is 0 Å². The van der Waals surface area contributed by atoms with Crippen molar-refractivity contribution < 1.29 is 14.4 Å². The van der Waals surface area contributed by atoms with Gasteiger partial charge in [-0.05, 0) is 37.1 Å². The van der Waals surface area contributed by atoms with Gasteiger partial charge in [0, 0.05) is 17.0 Å². The van der Waals surface area contributed by atoms with Crippen LogP contribution in [0, 0.1) is 13.8 Å². The first-order valence-corrected chi connectivity index (χ1v) is 6.47. The molecule has 0 radical (unpaired) electrons. The maximum Gasteiger partial charge on any atom is 0.336 e. The summed E-state index contributed by atoms with van der Waals surface area (Å²) in [4.78, 5) is 12.8. The number of benzene rings is 1. The summed E-state index contributed by atoms with van der Waals surface area (Å²) >= 11 is 0. The van der Waals surface area contributed by atoms with Gasteiger partial charge in [0.1, 0.15) is 18.7 Å². The van der Waals surface area contributed by atoms with E-state index in [1.54, 1.807) is 6.07 Å². The standard InChI is InChI=1S/C15H19NO3/c1-10-6-13-12(9-16(3)4-5-17)8-15(18)19-14(13)7-11(10)2/h6-8,17H,4-5,9H2,1-3H3/p+1. The Morgan fingerprint density at radius 3 is 2.58 bits per heavy atom. The SMILES string of the molecule is Cc1cc2oc(=O)cc(C[NH+](C)CCO)c2cc1C. The molecule has 0 fully saturated rings. The summed E-state index contributed by atoms with van der Waals surface area (Å²) in [5.74, 6) is 0. The van der Waals surface area contributed by atoms with Gasteiger partial charge in [-0.15, -0.1) is 0 Å². The fourth-order valence-electron chi connectivity index (χ4n) is 2.23. The molecule has 0 aliphatic rings. The lowest BCUT2D eigenvalue weighted by molar-refractivity contribution is -0.893. The van der Waals surface area contributed by atoms with Gasteiger partial charge in [0.15, 0.2) is 0 Å². The van der Waals surface area contributed by atoms with Crippen molar-refractivity contribution in [3.8, 4) is 0 Å². The van der Waals surface area contributed by atoms with Gasteiger partial charge < -0.3 is 14.4 Å². The molecule has 0 aliphatic carbocycles. The summed E-state index contributed by atoms with van der Waals surface area (Å²) in [6.45, 7) is 5.56. The van der Waals surface area contributed by atoms with Crippen LogP contribution in [-0.4, -0.2) is 25.3 Å². The largest absolute Gasteiger partial charge is 0.423 e. The fraction of sp³-hybridized carbons (Fsp3) is 0.400. The van der Waals surface area contributed by atoms with Crippen molar-refractivity contribution in [2.24, 2.45) is 0 Å². The second-order valence-corrected chi connectivity index (χ2v) is 5.13. The van der Waals surface area contributed by atoms with E-state index in [1.807, 2.05) is 27.0 Å². The Labute approximate surface area is 112 Å². The van der Waals surface area contributed by atoms with E-state index in [1.165, 1.54) is 5.56 Å². The Bertz CT molecular complexity index is 646. The lowest BCUT2D eigenvalue weighted by Crippen LogP contribution is -3.08. The van der Waals surface area contributed by atoms with Crippen LogP contribution in [-0.2, 0) is 6.54 Å². The molecule has 2 rings (SSSR count). The molecule has 19 heavy (non-hydrogen) atoms. The summed E-state index contributed by atoms with van der Waals surface area (Å²) in [6, 6.07) is 5.53. The average Bonchev–Trinajstić information content (AvgIpc) is 2.32. The fourth-order valence-corrected chi connectivity index (χ4v) is 2.23. The van der Waals surface area contributed by atoms with Gasteiger partial charge in [0.25, 0.3) is 0 Å². The van der Waals surface area contributed by atoms with Crippen LogP contribution < -0.4 is 10.5 Å². The zero-order valence-corrected chi connectivity index (χ0v) is 11.6. The Morgan fingerprint density at radius 2 is 1.89 bits per heavy atom. The summed E-state index contributed by atoms with van der Waals surface area (Å²) < 4.78 is 5.27. The Kier molecular flexibility index (Phi) is 4.02. The van der Waals surface area contributed by atoms with Crippen molar-refractivity contribution >= 4 is 11.0 Å². The van der Waals surface area contributed by atoms with Gasteiger partial charge in [-0.3, -0.25) is 0 Å². The number of fused-ring (bicyclic) bond motifs is 1. The molecule has 0 bridgehead atoms. The normalized spacial score (nSPS) is 12.8. The van der Waals surface area contributed by atoms with E-state index in [2.05, 4.69) is 6.07 Å². The Morgan fingerprint density at radius 1 is 1.21 bits per heavy atom. The third-order valence-electron chi connectivity index (χ3n) is 3.48. The minimum Gasteiger partial charge on any atom is -0.423 e. The molecule has 1 aromatic carbocycles. The predicted molar refractivity (Wildman–Crippen MR) is 74.5 cm³/mol. The smallest absolute Gasteiger partial charge is 0.336 e. The van der Waals surface area contributed by atoms with Crippen molar-refractivity contribution in [2.75, 3.05) is 20.2 Å². The first kappa shape index (κ1) is 13.8. The molecule has 4 heteroatoms. The van der Waals surface area contributed by atoms with Crippen LogP contribution in [0.5, 0.6) is 0 Å². The minimum absolute atomic E-state index is 0.142. The molecule has 1 aromatic heterocycles. The second kappa shape index (κ2) is 5.55. The number of rotatable bonds is 4. The molecule has 4 nitrogen and oxygen atoms in total. The molecule has 1 unspecified atom stereocenters. The van der Waals surface area contributed by atoms with Gasteiger partial charge in [-0.25, -0.2) is 4.79 Å². The number of aliphatic hydroxyl groups excluding tert-OH is 1. The van der Waals surface area contributed by atoms with Crippen LogP contribution in [0.3, 0.4) is 0 Å². The van der Waals surface area contributed by atoms with E-state index in [0.29, 0.717) is 18.7 Å². The summed E-state index contributed by atoms with van der Waals surface area (Å²) in [6.07, 6.45) is 0. The topological polar surface area (TPSA) is 54.9 Å². The van der Waals surface area contributed by atoms with E-state index in [-0.39, 0.29) is 12.2 Å². The summed E-state index contributed by atoms with van der Waals surface area (Å²) in [7, 11) is 2.00. The van der Waals surface area contributed by atoms with Gasteiger partial charge in [-0.2, -0.15) is 0 Å². The van der Waals surface area contributed by atoms with E-state index in [0.717, 1.165) is 21.4 Å². The van der Waals surface area contributed by atoms with Crippen LogP contribution in [0.15, 0.2) is 27.4 Å². The number of likely N-dealkylation sites (N-methyl/N-ethyl adjacent to an activating group) is 1. The second-order valence-electron chi connectivity index (χ2n) is 5.13. The number of aliphatic hydroxyl groups is 1. The molecule has 102 valence electrons. The zero-order chi connectivity index (χ0) is 14.0. The van der Waals surface area contributed by atoms with Crippen molar-refractivity contribution in [2.45, 2.75) is 20.4 Å². The predicted octanol–water partition coefficient (Wildman–Crippen LogP) is 0.417. The van der Waals surface area contributed by atoms with Crippen LogP contribution in [0.25, 0.3) is 11.0 Å². The third-order valence-corrected chi connectivity index (χ3v) is 3.48. The highest BCUT2D eigenvalue weighted by molar-refractivity contribution is 5.81. The van der Waals surface area contributed by atoms with Crippen LogP contribution in [0.4, 0.5) is 0 Å². The van der Waals surface area contributed by atoms with Gasteiger partial charge >= 0.3 is 5.63 Å². The average molecular weight is 262 g/mol. The number of hydrogen-bond donors (Lipinski definition) is 2. The number of aryl methyl sites for hydroxylation is 2. The van der Waals surface area contributed by atoms with Gasteiger partial charge in [0.2, 0.25) is 0 Å². The molecule has 1 atom stereocenters. The molecular weight excluding hydrogens is 242 g/mol. The van der Waals surface area contributed by atoms with Crippen molar-refractivity contribution in [3.05, 3.63) is 45.3 Å². The van der Waals surface area contributed by atoms with Crippen molar-refractivity contribution in [1.29, 1.82) is 0 Å². The van der Waals surface area contributed by atoms with Crippen molar-refractivity contribution in [1.82, 2.24) is 0 Å². The molecule has 0 amide bonds. The highest BCUT2D eigenvalue weighted by Crippen LogP contribution is 2.21. The van der Waals surface area contributed by atoms with E-state index in [4.69, 9.17) is 9.52 Å². The third kappa shape index (κ3) is 3.03. The first-order valence-electron chi connectivity index (χ1n) is 6.47. The Hall–Kier alpha value is -1.65. The van der Waals surface area contributed by atoms with Crippen LogP contribution in [0.1, 0.15) is 16.7 Å². The maximum atomic E-state index is 11.6. The molecule has 0 saturated carbocycles. The lowest BCUT2D eigenvalue weighted by atomic mass is 10.0. The quantitative estimate of drug-likeness (QED) is 0.785. The van der Waals surface area contributed by atoms with Crippen molar-refractivity contribution in [3.63, 3.8) is 0 Å². The summed E-state index contributed by atoms with van der Waals surface area (Å²) in [5.41, 5.74) is 3.59. The number of quaternary nitrogens is 1. The van der Waals surface area contributed by atoms with Gasteiger partial charge in [0.05, 0.1) is 13.7 Å². The number of nitrogens with one attached hydrogen (secondary N) is 1. The van der Waals surface area contributed by atoms with Crippen LogP contribution >= 0.6 is 0 Å². The Balaban J connectivity index is 2.53. The molecule has 2 aromatic rings. The zero-order valence-electron chi connectivity index (χ0n) is 11.6. The molecule has 1 heterocycles. The van der Waals surface area contributed by atoms with Crippen LogP contribution in [0.2, 0.25) is 0 Å². The molecule has 0 spiro atoms. The molecule has 0 aliphatic heterocycles. The molecule has 2 N–H and O–H groups in total. The minimum atomic E-state index is -0.317. The van der Waals surface area contributed by atoms with E-state index in [9.17, 15) is 4.79 Å². The highest BCUT2D eigenvalue weighted by atomic mass is 16.4.